The summed E-state index contributed by atoms with van der Waals surface area (Å²) in [6.07, 6.45) is 4.80. The van der Waals surface area contributed by atoms with E-state index in [1.54, 1.807) is 48.5 Å². The molecule has 2 aromatic carbocycles. The summed E-state index contributed by atoms with van der Waals surface area (Å²) in [5.74, 6) is 0.594. The van der Waals surface area contributed by atoms with Crippen LogP contribution in [0, 0.1) is 0 Å². The van der Waals surface area contributed by atoms with Gasteiger partial charge in [0.1, 0.15) is 12.4 Å². The minimum Gasteiger partial charge on any atom is -0.492 e. The van der Waals surface area contributed by atoms with Gasteiger partial charge in [-0.3, -0.25) is 9.78 Å². The molecule has 0 aliphatic heterocycles. The van der Waals surface area contributed by atoms with Crippen LogP contribution in [0.1, 0.15) is 5.69 Å². The summed E-state index contributed by atoms with van der Waals surface area (Å²) < 4.78 is 5.59. The van der Waals surface area contributed by atoms with Crippen LogP contribution in [-0.2, 0) is 4.79 Å². The second-order valence-electron chi connectivity index (χ2n) is 5.68. The molecule has 132 valence electrons. The highest BCUT2D eigenvalue weighted by Gasteiger charge is 2.05. The van der Waals surface area contributed by atoms with Gasteiger partial charge in [-0.05, 0) is 42.5 Å². The van der Waals surface area contributed by atoms with E-state index in [1.165, 1.54) is 6.08 Å². The fraction of sp³-hybridized carbons (Fsp3) is 0.150. The fourth-order valence-electron chi connectivity index (χ4n) is 2.28. The largest absolute Gasteiger partial charge is 0.492 e. The zero-order valence-electron chi connectivity index (χ0n) is 14.3. The van der Waals surface area contributed by atoms with Gasteiger partial charge in [-0.2, -0.15) is 0 Å². The number of carbonyl (C=O) groups excluding carboxylic acids is 1. The monoisotopic (exact) mass is 367 g/mol. The minimum absolute atomic E-state index is 0.125. The van der Waals surface area contributed by atoms with E-state index < -0.39 is 0 Å². The first-order chi connectivity index (χ1) is 12.6. The highest BCUT2D eigenvalue weighted by Crippen LogP contribution is 2.15. The topological polar surface area (TPSA) is 55.3 Å². The molecule has 3 rings (SSSR count). The Morgan fingerprint density at radius 1 is 1.15 bits per heavy atom. The summed E-state index contributed by atoms with van der Waals surface area (Å²) in [6, 6.07) is 14.7. The first kappa shape index (κ1) is 17.9. The lowest BCUT2D eigenvalue weighted by atomic mass is 10.3. The van der Waals surface area contributed by atoms with E-state index in [-0.39, 0.29) is 5.91 Å². The number of aromatic nitrogens is 2. The Balaban J connectivity index is 1.52. The van der Waals surface area contributed by atoms with Crippen LogP contribution in [0.15, 0.2) is 60.8 Å². The Bertz CT molecular complexity index is 926. The number of fused-ring (bicyclic) bond motifs is 1. The molecule has 3 aromatic rings. The van der Waals surface area contributed by atoms with Gasteiger partial charge >= 0.3 is 0 Å². The number of nitrogens with zero attached hydrogens (tertiary/aromatic N) is 3. The molecule has 0 spiro atoms. The third kappa shape index (κ3) is 4.80. The molecule has 1 amide bonds. The van der Waals surface area contributed by atoms with E-state index in [0.717, 1.165) is 16.8 Å². The molecule has 0 saturated heterocycles. The molecule has 26 heavy (non-hydrogen) atoms. The zero-order chi connectivity index (χ0) is 18.4. The van der Waals surface area contributed by atoms with E-state index >= 15 is 0 Å². The van der Waals surface area contributed by atoms with Crippen molar-refractivity contribution in [3.8, 4) is 5.75 Å². The molecule has 1 aromatic heterocycles. The molecule has 0 aliphatic rings. The molecule has 0 unspecified atom stereocenters. The molecule has 0 bridgehead atoms. The van der Waals surface area contributed by atoms with Crippen LogP contribution in [0.2, 0.25) is 5.02 Å². The maximum Gasteiger partial charge on any atom is 0.246 e. The van der Waals surface area contributed by atoms with Gasteiger partial charge in [0.05, 0.1) is 29.5 Å². The smallest absolute Gasteiger partial charge is 0.246 e. The van der Waals surface area contributed by atoms with Crippen molar-refractivity contribution in [2.45, 2.75) is 0 Å². The first-order valence-corrected chi connectivity index (χ1v) is 8.53. The van der Waals surface area contributed by atoms with Gasteiger partial charge in [0, 0.05) is 18.1 Å². The van der Waals surface area contributed by atoms with Crippen molar-refractivity contribution in [3.63, 3.8) is 0 Å². The SMILES string of the molecule is CN(CCOc1ccc(Cl)cc1)C(=O)/C=C/c1cnc2ccccc2n1. The van der Waals surface area contributed by atoms with Crippen LogP contribution < -0.4 is 4.74 Å². The summed E-state index contributed by atoms with van der Waals surface area (Å²) >= 11 is 5.83. The number of para-hydroxylation sites is 2. The maximum absolute atomic E-state index is 12.2. The van der Waals surface area contributed by atoms with E-state index in [4.69, 9.17) is 16.3 Å². The first-order valence-electron chi connectivity index (χ1n) is 8.15. The molecular formula is C20H18ClN3O2. The predicted octanol–water partition coefficient (Wildman–Crippen LogP) is 3.83. The van der Waals surface area contributed by atoms with Crippen LogP contribution in [0.4, 0.5) is 0 Å². The van der Waals surface area contributed by atoms with Gasteiger partial charge in [0.15, 0.2) is 0 Å². The van der Waals surface area contributed by atoms with Crippen molar-refractivity contribution in [1.82, 2.24) is 14.9 Å². The Hall–Kier alpha value is -2.92. The molecule has 0 atom stereocenters. The van der Waals surface area contributed by atoms with Gasteiger partial charge in [-0.15, -0.1) is 0 Å². The van der Waals surface area contributed by atoms with Crippen molar-refractivity contribution >= 4 is 34.6 Å². The number of halogens is 1. The normalized spacial score (nSPS) is 11.0. The molecule has 0 N–H and O–H groups in total. The van der Waals surface area contributed by atoms with Crippen molar-refractivity contribution in [2.24, 2.45) is 0 Å². The van der Waals surface area contributed by atoms with E-state index in [0.29, 0.717) is 23.9 Å². The molecule has 6 heteroatoms. The molecule has 0 saturated carbocycles. The molecule has 0 radical (unpaired) electrons. The van der Waals surface area contributed by atoms with Gasteiger partial charge in [0.25, 0.3) is 0 Å². The van der Waals surface area contributed by atoms with Crippen LogP contribution in [0.3, 0.4) is 0 Å². The summed E-state index contributed by atoms with van der Waals surface area (Å²) in [5, 5.41) is 0.659. The number of amides is 1. The van der Waals surface area contributed by atoms with Crippen molar-refractivity contribution < 1.29 is 9.53 Å². The van der Waals surface area contributed by atoms with Gasteiger partial charge < -0.3 is 9.64 Å². The highest BCUT2D eigenvalue weighted by atomic mass is 35.5. The second kappa shape index (κ2) is 8.45. The number of likely N-dealkylation sites (N-methyl/N-ethyl adjacent to an activating group) is 1. The average molecular weight is 368 g/mol. The quantitative estimate of drug-likeness (QED) is 0.621. The van der Waals surface area contributed by atoms with Crippen LogP contribution in [0.5, 0.6) is 5.75 Å². The number of hydrogen-bond donors (Lipinski definition) is 0. The summed E-state index contributed by atoms with van der Waals surface area (Å²) in [5.41, 5.74) is 2.27. The Morgan fingerprint density at radius 2 is 1.88 bits per heavy atom. The molecular weight excluding hydrogens is 350 g/mol. The lowest BCUT2D eigenvalue weighted by Crippen LogP contribution is -2.29. The van der Waals surface area contributed by atoms with Gasteiger partial charge in [-0.25, -0.2) is 4.98 Å². The minimum atomic E-state index is -0.125. The van der Waals surface area contributed by atoms with Crippen LogP contribution in [0.25, 0.3) is 17.1 Å². The van der Waals surface area contributed by atoms with E-state index in [2.05, 4.69) is 9.97 Å². The Kier molecular flexibility index (Phi) is 5.81. The van der Waals surface area contributed by atoms with E-state index in [9.17, 15) is 4.79 Å². The third-order valence-electron chi connectivity index (χ3n) is 3.75. The Labute approximate surface area is 156 Å². The van der Waals surface area contributed by atoms with Gasteiger partial charge in [0.2, 0.25) is 5.91 Å². The molecule has 0 fully saturated rings. The Morgan fingerprint density at radius 3 is 2.65 bits per heavy atom. The third-order valence-corrected chi connectivity index (χ3v) is 4.00. The number of rotatable bonds is 6. The number of carbonyl (C=O) groups is 1. The highest BCUT2D eigenvalue weighted by molar-refractivity contribution is 6.30. The lowest BCUT2D eigenvalue weighted by Gasteiger charge is -2.15. The average Bonchev–Trinajstić information content (AvgIpc) is 2.67. The standard InChI is InChI=1S/C20H18ClN3O2/c1-24(12-13-26-17-9-6-15(21)7-10-17)20(25)11-8-16-14-22-18-4-2-3-5-19(18)23-16/h2-11,14H,12-13H2,1H3/b11-8+. The van der Waals surface area contributed by atoms with Crippen molar-refractivity contribution in [1.29, 1.82) is 0 Å². The maximum atomic E-state index is 12.2. The van der Waals surface area contributed by atoms with Crippen molar-refractivity contribution in [3.05, 3.63) is 71.5 Å². The summed E-state index contributed by atoms with van der Waals surface area (Å²) in [4.78, 5) is 22.6. The number of ether oxygens (including phenoxy) is 1. The molecule has 5 nitrogen and oxygen atoms in total. The van der Waals surface area contributed by atoms with E-state index in [1.807, 2.05) is 24.3 Å². The predicted molar refractivity (Wildman–Crippen MR) is 103 cm³/mol. The lowest BCUT2D eigenvalue weighted by molar-refractivity contribution is -0.125. The molecule has 1 heterocycles. The number of benzene rings is 2. The summed E-state index contributed by atoms with van der Waals surface area (Å²) in [6.45, 7) is 0.864. The zero-order valence-corrected chi connectivity index (χ0v) is 15.1. The fourth-order valence-corrected chi connectivity index (χ4v) is 2.40. The van der Waals surface area contributed by atoms with Crippen LogP contribution in [-0.4, -0.2) is 41.0 Å². The second-order valence-corrected chi connectivity index (χ2v) is 6.12. The van der Waals surface area contributed by atoms with Crippen LogP contribution >= 0.6 is 11.6 Å². The van der Waals surface area contributed by atoms with Crippen molar-refractivity contribution in [2.75, 3.05) is 20.2 Å². The van der Waals surface area contributed by atoms with Gasteiger partial charge in [-0.1, -0.05) is 23.7 Å². The number of hydrogen-bond acceptors (Lipinski definition) is 4. The summed E-state index contributed by atoms with van der Waals surface area (Å²) in [7, 11) is 1.73. The molecule has 0 aliphatic carbocycles.